The summed E-state index contributed by atoms with van der Waals surface area (Å²) in [5, 5.41) is 0.537. The van der Waals surface area contributed by atoms with Crippen molar-refractivity contribution in [1.29, 1.82) is 0 Å². The molecule has 2 N–H and O–H groups in total. The zero-order valence-electron chi connectivity index (χ0n) is 24.5. The van der Waals surface area contributed by atoms with Gasteiger partial charge < -0.3 is 28.7 Å². The van der Waals surface area contributed by atoms with Crippen LogP contribution in [0.5, 0.6) is 0 Å². The minimum absolute atomic E-state index is 0.0148. The molecular weight excluding hydrogens is 608 g/mol. The SMILES string of the molecule is CN1C(=O)N2C[C@H]1CC[C@H]2C(=O)NOC1CCOCC1.O=C(NOC1CCOCC1)[C@@H]1CC[C@@H]2CN1C(=O)N2OS(=O)(=O)[O-]. The fourth-order valence-electron chi connectivity index (χ4n) is 6.22. The number of ether oxygens (including phenoxy) is 2. The summed E-state index contributed by atoms with van der Waals surface area (Å²) in [4.78, 5) is 64.0. The highest BCUT2D eigenvalue weighted by molar-refractivity contribution is 7.80. The summed E-state index contributed by atoms with van der Waals surface area (Å²) in [6.07, 6.45) is 5.01. The first kappa shape index (κ1) is 32.6. The number of urea groups is 2. The van der Waals surface area contributed by atoms with Crippen LogP contribution in [0.25, 0.3) is 0 Å². The van der Waals surface area contributed by atoms with Crippen molar-refractivity contribution in [2.75, 3.05) is 46.6 Å². The molecule has 4 bridgehead atoms. The predicted octanol–water partition coefficient (Wildman–Crippen LogP) is -1.01. The van der Waals surface area contributed by atoms with Crippen LogP contribution in [0.2, 0.25) is 0 Å². The number of nitrogens with one attached hydrogen (secondary N) is 2. The monoisotopic (exact) mass is 647 g/mol. The van der Waals surface area contributed by atoms with Crippen molar-refractivity contribution in [3.05, 3.63) is 0 Å². The Labute approximate surface area is 255 Å². The first-order valence-corrected chi connectivity index (χ1v) is 16.2. The smallest absolute Gasteiger partial charge is 0.346 e. The number of piperidine rings is 2. The third-order valence-electron chi connectivity index (χ3n) is 8.74. The van der Waals surface area contributed by atoms with E-state index in [0.717, 1.165) is 19.3 Å². The third kappa shape index (κ3) is 7.69. The van der Waals surface area contributed by atoms with Crippen molar-refractivity contribution in [3.8, 4) is 0 Å². The van der Waals surface area contributed by atoms with Crippen molar-refractivity contribution < 1.29 is 55.6 Å². The lowest BCUT2D eigenvalue weighted by Crippen LogP contribution is -2.50. The van der Waals surface area contributed by atoms with Gasteiger partial charge in [0.15, 0.2) is 0 Å². The average Bonchev–Trinajstić information content (AvgIpc) is 3.38. The van der Waals surface area contributed by atoms with Crippen molar-refractivity contribution >= 4 is 34.3 Å². The molecule has 18 nitrogen and oxygen atoms in total. The zero-order chi connectivity index (χ0) is 31.4. The standard InChI is InChI=1S/C13H21N3O4.C12H19N3O8S/c1-15-9-2-3-11(16(8-9)13(15)18)12(17)14-20-10-4-6-19-7-5-10;16-11(13-22-9-3-5-21-6-4-9)10-2-1-8-7-14(10)12(17)15(8)23-24(18,19)20/h9-11H,2-8H2,1H3,(H,14,17);8-10H,1-7H2,(H,13,16)(H,18,19,20)/p-1/t9-,11+;8-,10+/m11/s1. The molecule has 19 heteroatoms. The lowest BCUT2D eigenvalue weighted by atomic mass is 10.0. The molecule has 0 aromatic rings. The van der Waals surface area contributed by atoms with Crippen LogP contribution in [0.15, 0.2) is 0 Å². The fraction of sp³-hybridized carbons (Fsp3) is 0.840. The number of carbonyl (C=O) groups excluding carboxylic acids is 4. The quantitative estimate of drug-likeness (QED) is 0.184. The molecule has 0 unspecified atom stereocenters. The molecule has 0 aliphatic carbocycles. The normalized spacial score (nSPS) is 29.4. The highest BCUT2D eigenvalue weighted by Crippen LogP contribution is 2.31. The maximum absolute atomic E-state index is 12.3. The number of fused-ring (bicyclic) bond motifs is 4. The number of amides is 6. The lowest BCUT2D eigenvalue weighted by molar-refractivity contribution is -0.148. The molecule has 4 atom stereocenters. The molecule has 6 rings (SSSR count). The Kier molecular flexibility index (Phi) is 10.4. The Morgan fingerprint density at radius 3 is 1.70 bits per heavy atom. The Balaban J connectivity index is 0.000000177. The molecule has 6 amide bonds. The number of nitrogens with zero attached hydrogens (tertiary/aromatic N) is 4. The zero-order valence-corrected chi connectivity index (χ0v) is 25.3. The van der Waals surface area contributed by atoms with E-state index in [1.165, 1.54) is 4.90 Å². The molecule has 44 heavy (non-hydrogen) atoms. The Hall–Kier alpha value is -2.81. The molecule has 0 saturated carbocycles. The fourth-order valence-corrected chi connectivity index (χ4v) is 6.60. The summed E-state index contributed by atoms with van der Waals surface area (Å²) in [6.45, 7) is 3.22. The predicted molar refractivity (Wildman–Crippen MR) is 144 cm³/mol. The van der Waals surface area contributed by atoms with Gasteiger partial charge in [-0.05, 0) is 51.4 Å². The van der Waals surface area contributed by atoms with Crippen molar-refractivity contribution in [2.45, 2.75) is 87.7 Å². The Bertz CT molecular complexity index is 1180. The van der Waals surface area contributed by atoms with Crippen LogP contribution in [-0.2, 0) is 43.4 Å². The van der Waals surface area contributed by atoms with E-state index >= 15 is 0 Å². The number of hydrogen-bond acceptors (Lipinski definition) is 12. The van der Waals surface area contributed by atoms with Gasteiger partial charge in [-0.1, -0.05) is 0 Å². The summed E-state index contributed by atoms with van der Waals surface area (Å²) in [5.74, 6) is -0.696. The maximum Gasteiger partial charge on any atom is 0.346 e. The van der Waals surface area contributed by atoms with Crippen molar-refractivity contribution in [2.24, 2.45) is 0 Å². The van der Waals surface area contributed by atoms with Crippen molar-refractivity contribution in [3.63, 3.8) is 0 Å². The first-order chi connectivity index (χ1) is 21.0. The van der Waals surface area contributed by atoms with Gasteiger partial charge in [-0.3, -0.25) is 19.3 Å². The Morgan fingerprint density at radius 2 is 1.20 bits per heavy atom. The van der Waals surface area contributed by atoms with E-state index in [0.29, 0.717) is 70.1 Å². The van der Waals surface area contributed by atoms with Crippen LogP contribution in [-0.4, -0.2) is 140 Å². The number of hydroxylamine groups is 4. The van der Waals surface area contributed by atoms with Crippen LogP contribution in [0.4, 0.5) is 9.59 Å². The topological polar surface area (TPSA) is 209 Å². The first-order valence-electron chi connectivity index (χ1n) is 14.9. The van der Waals surface area contributed by atoms with Gasteiger partial charge in [-0.2, -0.15) is 9.35 Å². The highest BCUT2D eigenvalue weighted by atomic mass is 32.3. The van der Waals surface area contributed by atoms with E-state index in [-0.39, 0.29) is 36.7 Å². The molecule has 6 aliphatic rings. The van der Waals surface area contributed by atoms with Gasteiger partial charge in [0.2, 0.25) is 10.4 Å². The number of rotatable bonds is 8. The summed E-state index contributed by atoms with van der Waals surface area (Å²) >= 11 is 0. The molecule has 248 valence electrons. The van der Waals surface area contributed by atoms with Gasteiger partial charge >= 0.3 is 12.1 Å². The van der Waals surface area contributed by atoms with Gasteiger partial charge in [-0.15, -0.1) is 0 Å². The maximum atomic E-state index is 12.3. The summed E-state index contributed by atoms with van der Waals surface area (Å²) in [7, 11) is -3.25. The molecule has 0 aromatic heterocycles. The van der Waals surface area contributed by atoms with Gasteiger partial charge in [0.1, 0.15) is 12.1 Å². The summed E-state index contributed by atoms with van der Waals surface area (Å²) in [5.41, 5.74) is 4.89. The van der Waals surface area contributed by atoms with E-state index in [9.17, 15) is 32.1 Å². The van der Waals surface area contributed by atoms with Gasteiger partial charge in [0.25, 0.3) is 11.8 Å². The molecular formula is C25H39N6O12S-. The second kappa shape index (κ2) is 14.1. The van der Waals surface area contributed by atoms with E-state index < -0.39 is 40.5 Å². The second-order valence-electron chi connectivity index (χ2n) is 11.6. The molecule has 6 saturated heterocycles. The summed E-state index contributed by atoms with van der Waals surface area (Å²) in [6, 6.07) is -2.38. The van der Waals surface area contributed by atoms with Crippen LogP contribution >= 0.6 is 0 Å². The minimum atomic E-state index is -5.05. The van der Waals surface area contributed by atoms with Crippen LogP contribution < -0.4 is 11.0 Å². The van der Waals surface area contributed by atoms with Gasteiger partial charge in [0, 0.05) is 46.6 Å². The molecule has 0 spiro atoms. The van der Waals surface area contributed by atoms with Crippen LogP contribution in [0.3, 0.4) is 0 Å². The molecule has 6 aliphatic heterocycles. The van der Waals surface area contributed by atoms with Crippen LogP contribution in [0.1, 0.15) is 51.4 Å². The minimum Gasteiger partial charge on any atom is -0.724 e. The molecule has 0 aromatic carbocycles. The number of hydrogen-bond donors (Lipinski definition) is 2. The summed E-state index contributed by atoms with van der Waals surface area (Å²) < 4.78 is 46.8. The number of carbonyl (C=O) groups is 4. The average molecular weight is 648 g/mol. The van der Waals surface area contributed by atoms with E-state index in [2.05, 4.69) is 15.2 Å². The second-order valence-corrected chi connectivity index (χ2v) is 12.5. The van der Waals surface area contributed by atoms with E-state index in [4.69, 9.17) is 19.1 Å². The van der Waals surface area contributed by atoms with E-state index in [1.807, 2.05) is 0 Å². The van der Waals surface area contributed by atoms with Gasteiger partial charge in [-0.25, -0.2) is 29.0 Å². The molecule has 6 heterocycles. The van der Waals surface area contributed by atoms with Gasteiger partial charge in [0.05, 0.1) is 24.3 Å². The Morgan fingerprint density at radius 1 is 0.750 bits per heavy atom. The third-order valence-corrected chi connectivity index (χ3v) is 9.08. The molecule has 0 radical (unpaired) electrons. The van der Waals surface area contributed by atoms with E-state index in [1.54, 1.807) is 16.8 Å². The lowest BCUT2D eigenvalue weighted by Gasteiger charge is -2.30. The molecule has 6 fully saturated rings. The highest BCUT2D eigenvalue weighted by Gasteiger charge is 2.49. The van der Waals surface area contributed by atoms with Crippen molar-refractivity contribution in [1.82, 2.24) is 30.7 Å². The number of likely N-dealkylation sites (N-methyl/N-ethyl adjacent to an activating group) is 1. The largest absolute Gasteiger partial charge is 0.724 e. The van der Waals surface area contributed by atoms with Crippen LogP contribution in [0, 0.1) is 0 Å².